The molecular weight excluding hydrogens is 349 g/mol. The Bertz CT molecular complexity index is 747. The van der Waals surface area contributed by atoms with Crippen LogP contribution in [0.2, 0.25) is 10.0 Å². The zero-order valence-corrected chi connectivity index (χ0v) is 15.3. The SMILES string of the molecule is CCC(C)N1CC2=C(C1=O)C(c1ccc(Cl)c(Cl)c1)NC(=O)N2C. The highest BCUT2D eigenvalue weighted by atomic mass is 35.5. The van der Waals surface area contributed by atoms with E-state index in [2.05, 4.69) is 5.32 Å². The van der Waals surface area contributed by atoms with E-state index in [1.54, 1.807) is 25.2 Å². The molecular formula is C17H19Cl2N3O2. The van der Waals surface area contributed by atoms with E-state index in [0.29, 0.717) is 22.2 Å². The Labute approximate surface area is 151 Å². The smallest absolute Gasteiger partial charge is 0.322 e. The third-order valence-electron chi connectivity index (χ3n) is 4.79. The number of hydrogen-bond donors (Lipinski definition) is 1. The summed E-state index contributed by atoms with van der Waals surface area (Å²) in [6.07, 6.45) is 0.856. The van der Waals surface area contributed by atoms with Gasteiger partial charge in [0.2, 0.25) is 0 Å². The maximum absolute atomic E-state index is 13.0. The molecule has 2 unspecified atom stereocenters. The van der Waals surface area contributed by atoms with Gasteiger partial charge in [-0.25, -0.2) is 4.79 Å². The highest BCUT2D eigenvalue weighted by Crippen LogP contribution is 2.38. The van der Waals surface area contributed by atoms with Gasteiger partial charge in [-0.05, 0) is 31.0 Å². The molecule has 0 saturated heterocycles. The molecule has 0 fully saturated rings. The molecule has 1 aromatic rings. The molecule has 128 valence electrons. The lowest BCUT2D eigenvalue weighted by Crippen LogP contribution is -2.45. The molecule has 2 aliphatic heterocycles. The number of hydrogen-bond acceptors (Lipinski definition) is 2. The van der Waals surface area contributed by atoms with Crippen molar-refractivity contribution >= 4 is 35.1 Å². The average Bonchev–Trinajstić information content (AvgIpc) is 2.91. The van der Waals surface area contributed by atoms with Gasteiger partial charge in [-0.3, -0.25) is 9.69 Å². The predicted octanol–water partition coefficient (Wildman–Crippen LogP) is 3.58. The molecule has 24 heavy (non-hydrogen) atoms. The summed E-state index contributed by atoms with van der Waals surface area (Å²) < 4.78 is 0. The van der Waals surface area contributed by atoms with E-state index in [1.807, 2.05) is 18.7 Å². The Morgan fingerprint density at radius 3 is 2.62 bits per heavy atom. The number of benzene rings is 1. The van der Waals surface area contributed by atoms with Crippen LogP contribution in [0.1, 0.15) is 31.9 Å². The molecule has 3 rings (SSSR count). The number of carbonyl (C=O) groups excluding carboxylic acids is 2. The second-order valence-corrected chi connectivity index (χ2v) is 6.98. The lowest BCUT2D eigenvalue weighted by Gasteiger charge is -2.31. The van der Waals surface area contributed by atoms with E-state index in [-0.39, 0.29) is 18.0 Å². The monoisotopic (exact) mass is 367 g/mol. The predicted molar refractivity (Wildman–Crippen MR) is 94.0 cm³/mol. The van der Waals surface area contributed by atoms with Crippen molar-refractivity contribution in [2.45, 2.75) is 32.4 Å². The van der Waals surface area contributed by atoms with Crippen LogP contribution in [-0.4, -0.2) is 41.4 Å². The summed E-state index contributed by atoms with van der Waals surface area (Å²) in [5.41, 5.74) is 2.11. The Morgan fingerprint density at radius 2 is 2.00 bits per heavy atom. The molecule has 0 saturated carbocycles. The van der Waals surface area contributed by atoms with Gasteiger partial charge in [0.25, 0.3) is 5.91 Å². The molecule has 0 spiro atoms. The minimum absolute atomic E-state index is 0.0396. The average molecular weight is 368 g/mol. The molecule has 7 heteroatoms. The van der Waals surface area contributed by atoms with Gasteiger partial charge in [0.05, 0.1) is 33.9 Å². The van der Waals surface area contributed by atoms with E-state index in [1.165, 1.54) is 4.90 Å². The molecule has 2 heterocycles. The molecule has 0 bridgehead atoms. The van der Waals surface area contributed by atoms with Crippen molar-refractivity contribution in [3.63, 3.8) is 0 Å². The summed E-state index contributed by atoms with van der Waals surface area (Å²) in [6, 6.07) is 4.53. The summed E-state index contributed by atoms with van der Waals surface area (Å²) in [7, 11) is 1.68. The van der Waals surface area contributed by atoms with Crippen LogP contribution in [0.3, 0.4) is 0 Å². The molecule has 5 nitrogen and oxygen atoms in total. The van der Waals surface area contributed by atoms with Crippen molar-refractivity contribution in [3.8, 4) is 0 Å². The third kappa shape index (κ3) is 2.66. The largest absolute Gasteiger partial charge is 0.330 e. The van der Waals surface area contributed by atoms with Crippen molar-refractivity contribution in [1.29, 1.82) is 0 Å². The number of carbonyl (C=O) groups is 2. The van der Waals surface area contributed by atoms with Crippen molar-refractivity contribution < 1.29 is 9.59 Å². The van der Waals surface area contributed by atoms with Gasteiger partial charge in [-0.15, -0.1) is 0 Å². The van der Waals surface area contributed by atoms with Crippen LogP contribution in [0.5, 0.6) is 0 Å². The van der Waals surface area contributed by atoms with Gasteiger partial charge < -0.3 is 10.2 Å². The number of halogens is 2. The standard InChI is InChI=1S/C17H19Cl2N3O2/c1-4-9(2)22-8-13-14(16(22)23)15(20-17(24)21(13)3)10-5-6-11(18)12(19)7-10/h5-7,9,15H,4,8H2,1-3H3,(H,20,24). The van der Waals surface area contributed by atoms with Crippen LogP contribution in [0.15, 0.2) is 29.5 Å². The molecule has 0 radical (unpaired) electrons. The van der Waals surface area contributed by atoms with Crippen LogP contribution < -0.4 is 5.32 Å². The first-order chi connectivity index (χ1) is 11.3. The van der Waals surface area contributed by atoms with Gasteiger partial charge in [-0.2, -0.15) is 0 Å². The molecule has 3 amide bonds. The zero-order chi connectivity index (χ0) is 17.6. The van der Waals surface area contributed by atoms with Crippen LogP contribution in [0.25, 0.3) is 0 Å². The lowest BCUT2D eigenvalue weighted by molar-refractivity contribution is -0.127. The fourth-order valence-electron chi connectivity index (χ4n) is 3.11. The number of nitrogens with one attached hydrogen (secondary N) is 1. The number of rotatable bonds is 3. The number of amides is 3. The van der Waals surface area contributed by atoms with Crippen molar-refractivity contribution in [1.82, 2.24) is 15.1 Å². The van der Waals surface area contributed by atoms with Gasteiger partial charge in [-0.1, -0.05) is 36.2 Å². The van der Waals surface area contributed by atoms with Gasteiger partial charge in [0, 0.05) is 13.1 Å². The van der Waals surface area contributed by atoms with Gasteiger partial charge in [0.15, 0.2) is 0 Å². The lowest BCUT2D eigenvalue weighted by atomic mass is 9.96. The normalized spacial score (nSPS) is 22.0. The molecule has 0 aromatic heterocycles. The molecule has 2 atom stereocenters. The van der Waals surface area contributed by atoms with E-state index >= 15 is 0 Å². The van der Waals surface area contributed by atoms with Crippen LogP contribution >= 0.6 is 23.2 Å². The summed E-state index contributed by atoms with van der Waals surface area (Å²) in [5.74, 6) is -0.0396. The molecule has 0 aliphatic carbocycles. The summed E-state index contributed by atoms with van der Waals surface area (Å²) in [6.45, 7) is 4.50. The topological polar surface area (TPSA) is 52.7 Å². The van der Waals surface area contributed by atoms with E-state index in [4.69, 9.17) is 23.2 Å². The molecule has 1 aromatic carbocycles. The Morgan fingerprint density at radius 1 is 1.29 bits per heavy atom. The summed E-state index contributed by atoms with van der Waals surface area (Å²) in [5, 5.41) is 3.72. The number of nitrogens with zero attached hydrogens (tertiary/aromatic N) is 2. The van der Waals surface area contributed by atoms with E-state index in [9.17, 15) is 9.59 Å². The van der Waals surface area contributed by atoms with Crippen molar-refractivity contribution in [2.24, 2.45) is 0 Å². The van der Waals surface area contributed by atoms with Crippen LogP contribution in [0.4, 0.5) is 4.79 Å². The van der Waals surface area contributed by atoms with Crippen molar-refractivity contribution in [3.05, 3.63) is 45.1 Å². The Kier molecular flexibility index (Phi) is 4.49. The third-order valence-corrected chi connectivity index (χ3v) is 5.53. The highest BCUT2D eigenvalue weighted by molar-refractivity contribution is 6.42. The minimum atomic E-state index is -0.514. The highest BCUT2D eigenvalue weighted by Gasteiger charge is 2.43. The maximum Gasteiger partial charge on any atom is 0.322 e. The summed E-state index contributed by atoms with van der Waals surface area (Å²) >= 11 is 12.1. The second kappa shape index (κ2) is 6.30. The fraction of sp³-hybridized carbons (Fsp3) is 0.412. The van der Waals surface area contributed by atoms with Crippen LogP contribution in [0, 0.1) is 0 Å². The maximum atomic E-state index is 13.0. The van der Waals surface area contributed by atoms with Crippen LogP contribution in [-0.2, 0) is 4.79 Å². The van der Waals surface area contributed by atoms with E-state index < -0.39 is 6.04 Å². The fourth-order valence-corrected chi connectivity index (χ4v) is 3.41. The first-order valence-electron chi connectivity index (χ1n) is 7.88. The minimum Gasteiger partial charge on any atom is -0.330 e. The van der Waals surface area contributed by atoms with Gasteiger partial charge >= 0.3 is 6.03 Å². The van der Waals surface area contributed by atoms with Crippen molar-refractivity contribution in [2.75, 3.05) is 13.6 Å². The molecule has 1 N–H and O–H groups in total. The molecule has 2 aliphatic rings. The van der Waals surface area contributed by atoms with E-state index in [0.717, 1.165) is 17.7 Å². The first-order valence-corrected chi connectivity index (χ1v) is 8.63. The zero-order valence-electron chi connectivity index (χ0n) is 13.8. The number of likely N-dealkylation sites (N-methyl/N-ethyl adjacent to an activating group) is 1. The van der Waals surface area contributed by atoms with Gasteiger partial charge in [0.1, 0.15) is 0 Å². The second-order valence-electron chi connectivity index (χ2n) is 6.17. The summed E-state index contributed by atoms with van der Waals surface area (Å²) in [4.78, 5) is 28.6. The quantitative estimate of drug-likeness (QED) is 0.887. The Balaban J connectivity index is 2.05. The number of urea groups is 1. The Hall–Kier alpha value is -1.72. The first kappa shape index (κ1) is 17.1.